The highest BCUT2D eigenvalue weighted by Crippen LogP contribution is 2.37. The van der Waals surface area contributed by atoms with Crippen LogP contribution in [0, 0.1) is 0 Å². The minimum absolute atomic E-state index is 0.261. The lowest BCUT2D eigenvalue weighted by Crippen LogP contribution is -2.33. The summed E-state index contributed by atoms with van der Waals surface area (Å²) in [6.07, 6.45) is 0.531. The number of pyridine rings is 1. The minimum atomic E-state index is -1.31. The second-order valence-corrected chi connectivity index (χ2v) is 8.38. The van der Waals surface area contributed by atoms with Gasteiger partial charge in [0.25, 0.3) is 5.56 Å². The van der Waals surface area contributed by atoms with Gasteiger partial charge in [0, 0.05) is 35.8 Å². The van der Waals surface area contributed by atoms with E-state index in [2.05, 4.69) is 0 Å². The van der Waals surface area contributed by atoms with Crippen LogP contribution in [0.2, 0.25) is 5.02 Å². The molecule has 1 atom stereocenters. The van der Waals surface area contributed by atoms with Crippen molar-refractivity contribution in [2.24, 2.45) is 7.05 Å². The Kier molecular flexibility index (Phi) is 5.61. The monoisotopic (exact) mass is 416 g/mol. The van der Waals surface area contributed by atoms with Gasteiger partial charge in [-0.05, 0) is 51.5 Å². The third-order valence-corrected chi connectivity index (χ3v) is 5.03. The number of rotatable bonds is 5. The Hall–Kier alpha value is -2.57. The van der Waals surface area contributed by atoms with Gasteiger partial charge in [-0.3, -0.25) is 4.79 Å². The van der Waals surface area contributed by atoms with Crippen molar-refractivity contribution in [1.29, 1.82) is 0 Å². The summed E-state index contributed by atoms with van der Waals surface area (Å²) in [5.74, 6) is -1.15. The zero-order chi connectivity index (χ0) is 21.5. The van der Waals surface area contributed by atoms with Gasteiger partial charge in [-0.2, -0.15) is 0 Å². The van der Waals surface area contributed by atoms with Gasteiger partial charge >= 0.3 is 5.97 Å². The molecule has 1 unspecified atom stereocenters. The van der Waals surface area contributed by atoms with Gasteiger partial charge in [-0.25, -0.2) is 4.79 Å². The first-order valence-corrected chi connectivity index (χ1v) is 9.81. The lowest BCUT2D eigenvalue weighted by atomic mass is 9.96. The summed E-state index contributed by atoms with van der Waals surface area (Å²) < 4.78 is 9.15. The molecule has 0 saturated carbocycles. The molecule has 0 amide bonds. The summed E-state index contributed by atoms with van der Waals surface area (Å²) in [6, 6.07) is 8.99. The topological polar surface area (TPSA) is 73.5 Å². The van der Waals surface area contributed by atoms with Crippen molar-refractivity contribution in [3.05, 3.63) is 57.6 Å². The predicted octanol–water partition coefficient (Wildman–Crippen LogP) is 4.62. The van der Waals surface area contributed by atoms with E-state index in [1.807, 2.05) is 35.9 Å². The van der Waals surface area contributed by atoms with Crippen LogP contribution >= 0.6 is 11.6 Å². The number of aliphatic carboxylic acids is 1. The second-order valence-electron chi connectivity index (χ2n) is 7.94. The lowest BCUT2D eigenvalue weighted by molar-refractivity contribution is -0.161. The maximum absolute atomic E-state index is 13.2. The average molecular weight is 417 g/mol. The van der Waals surface area contributed by atoms with Crippen molar-refractivity contribution in [1.82, 2.24) is 9.13 Å². The molecule has 2 aromatic heterocycles. The van der Waals surface area contributed by atoms with E-state index >= 15 is 0 Å². The largest absolute Gasteiger partial charge is 0.479 e. The van der Waals surface area contributed by atoms with Crippen LogP contribution in [0.25, 0.3) is 22.0 Å². The summed E-state index contributed by atoms with van der Waals surface area (Å²) in [6.45, 7) is 7.94. The fourth-order valence-electron chi connectivity index (χ4n) is 3.55. The number of hydrogen-bond donors (Lipinski definition) is 1. The molecular weight excluding hydrogens is 392 g/mol. The Morgan fingerprint density at radius 2 is 1.83 bits per heavy atom. The molecular formula is C22H25ClN2O4. The van der Waals surface area contributed by atoms with Crippen LogP contribution in [-0.4, -0.2) is 25.8 Å². The average Bonchev–Trinajstić information content (AvgIpc) is 3.07. The van der Waals surface area contributed by atoms with Crippen LogP contribution < -0.4 is 5.56 Å². The molecule has 6 nitrogen and oxygen atoms in total. The highest BCUT2D eigenvalue weighted by molar-refractivity contribution is 6.30. The van der Waals surface area contributed by atoms with Crippen LogP contribution in [-0.2, 0) is 23.1 Å². The Balaban J connectivity index is 2.46. The number of benzene rings is 1. The van der Waals surface area contributed by atoms with E-state index in [4.69, 9.17) is 16.3 Å². The number of halogens is 1. The van der Waals surface area contributed by atoms with E-state index in [1.165, 1.54) is 4.57 Å². The molecule has 0 aliphatic rings. The molecule has 0 fully saturated rings. The van der Waals surface area contributed by atoms with Gasteiger partial charge in [-0.15, -0.1) is 0 Å². The molecule has 29 heavy (non-hydrogen) atoms. The predicted molar refractivity (Wildman–Crippen MR) is 115 cm³/mol. The van der Waals surface area contributed by atoms with Gasteiger partial charge < -0.3 is 19.0 Å². The molecule has 1 aromatic carbocycles. The van der Waals surface area contributed by atoms with Crippen molar-refractivity contribution in [2.75, 3.05) is 0 Å². The number of carboxylic acid groups (broad SMARTS) is 1. The van der Waals surface area contributed by atoms with Crippen LogP contribution in [0.1, 0.15) is 39.5 Å². The van der Waals surface area contributed by atoms with Crippen LogP contribution in [0.3, 0.4) is 0 Å². The molecule has 0 bridgehead atoms. The molecule has 7 heteroatoms. The summed E-state index contributed by atoms with van der Waals surface area (Å²) in [4.78, 5) is 25.4. The van der Waals surface area contributed by atoms with E-state index in [9.17, 15) is 14.7 Å². The Bertz CT molecular complexity index is 1120. The summed E-state index contributed by atoms with van der Waals surface area (Å²) in [5.41, 5.74) is 1.28. The highest BCUT2D eigenvalue weighted by Gasteiger charge is 2.33. The molecule has 3 rings (SSSR count). The first kappa shape index (κ1) is 21.1. The fraction of sp³-hybridized carbons (Fsp3) is 0.364. The number of fused-ring (bicyclic) bond motifs is 1. The molecule has 3 aromatic rings. The van der Waals surface area contributed by atoms with E-state index in [1.54, 1.807) is 40.0 Å². The lowest BCUT2D eigenvalue weighted by Gasteiger charge is -2.28. The molecule has 0 aliphatic heterocycles. The summed E-state index contributed by atoms with van der Waals surface area (Å²) in [5, 5.41) is 11.2. The molecule has 154 valence electrons. The quantitative estimate of drug-likeness (QED) is 0.658. The first-order valence-electron chi connectivity index (χ1n) is 9.43. The van der Waals surface area contributed by atoms with Gasteiger partial charge in [0.15, 0.2) is 6.10 Å². The Labute approximate surface area is 174 Å². The van der Waals surface area contributed by atoms with Crippen molar-refractivity contribution in [2.45, 2.75) is 45.9 Å². The summed E-state index contributed by atoms with van der Waals surface area (Å²) >= 11 is 6.06. The number of aromatic nitrogens is 2. The molecule has 0 saturated heterocycles. The van der Waals surface area contributed by atoms with Crippen LogP contribution in [0.4, 0.5) is 0 Å². The maximum atomic E-state index is 13.2. The van der Waals surface area contributed by atoms with Crippen molar-refractivity contribution in [3.63, 3.8) is 0 Å². The number of aryl methyl sites for hydroxylation is 1. The Morgan fingerprint density at radius 1 is 1.21 bits per heavy atom. The van der Waals surface area contributed by atoms with Gasteiger partial charge in [0.1, 0.15) is 5.52 Å². The SMILES string of the molecule is CCn1ccc2c(-c3ccc(Cl)cc3)c(C(OC(C)(C)C)C(=O)O)n(C)c(=O)c21. The maximum Gasteiger partial charge on any atom is 0.339 e. The Morgan fingerprint density at radius 3 is 2.34 bits per heavy atom. The number of ether oxygens (including phenoxy) is 1. The van der Waals surface area contributed by atoms with Crippen molar-refractivity contribution >= 4 is 28.5 Å². The van der Waals surface area contributed by atoms with E-state index < -0.39 is 17.7 Å². The van der Waals surface area contributed by atoms with Gasteiger partial charge in [0.05, 0.1) is 11.3 Å². The van der Waals surface area contributed by atoms with Crippen LogP contribution in [0.15, 0.2) is 41.3 Å². The van der Waals surface area contributed by atoms with E-state index in [0.29, 0.717) is 33.7 Å². The van der Waals surface area contributed by atoms with Gasteiger partial charge in [-0.1, -0.05) is 23.7 Å². The fourth-order valence-corrected chi connectivity index (χ4v) is 3.68. The molecule has 1 N–H and O–H groups in total. The highest BCUT2D eigenvalue weighted by atomic mass is 35.5. The number of carboxylic acids is 1. The smallest absolute Gasteiger partial charge is 0.339 e. The van der Waals surface area contributed by atoms with Gasteiger partial charge in [0.2, 0.25) is 0 Å². The summed E-state index contributed by atoms with van der Waals surface area (Å²) in [7, 11) is 1.59. The van der Waals surface area contributed by atoms with Crippen molar-refractivity contribution in [3.8, 4) is 11.1 Å². The van der Waals surface area contributed by atoms with E-state index in [-0.39, 0.29) is 5.56 Å². The zero-order valence-corrected chi connectivity index (χ0v) is 17.9. The number of carbonyl (C=O) groups is 1. The normalized spacial score (nSPS) is 13.0. The third kappa shape index (κ3) is 3.95. The molecule has 2 heterocycles. The second kappa shape index (κ2) is 7.69. The first-order chi connectivity index (χ1) is 13.5. The third-order valence-electron chi connectivity index (χ3n) is 4.78. The molecule has 0 radical (unpaired) electrons. The number of hydrogen-bond acceptors (Lipinski definition) is 3. The number of nitrogens with zero attached hydrogens (tertiary/aromatic N) is 2. The van der Waals surface area contributed by atoms with E-state index in [0.717, 1.165) is 5.56 Å². The van der Waals surface area contributed by atoms with Crippen LogP contribution in [0.5, 0.6) is 0 Å². The van der Waals surface area contributed by atoms with Crippen molar-refractivity contribution < 1.29 is 14.6 Å². The molecule has 0 spiro atoms. The standard InChI is InChI=1S/C22H25ClN2O4/c1-6-25-12-11-15-16(13-7-9-14(23)10-8-13)18(24(5)20(26)17(15)25)19(21(27)28)29-22(2,3)4/h7-12,19H,6H2,1-5H3,(H,27,28). The zero-order valence-electron chi connectivity index (χ0n) is 17.2. The molecule has 0 aliphatic carbocycles. The minimum Gasteiger partial charge on any atom is -0.479 e.